The van der Waals surface area contributed by atoms with Crippen LogP contribution in [0.4, 0.5) is 8.78 Å². The van der Waals surface area contributed by atoms with Crippen molar-refractivity contribution in [2.75, 3.05) is 13.2 Å². The summed E-state index contributed by atoms with van der Waals surface area (Å²) in [5, 5.41) is 0. The van der Waals surface area contributed by atoms with Gasteiger partial charge in [-0.25, -0.2) is 0 Å². The van der Waals surface area contributed by atoms with E-state index in [1.807, 2.05) is 0 Å². The molecule has 1 heterocycles. The molecule has 0 aromatic carbocycles. The topological polar surface area (TPSA) is 18.5 Å². The summed E-state index contributed by atoms with van der Waals surface area (Å²) in [6.45, 7) is 3.67. The molecule has 0 amide bonds. The van der Waals surface area contributed by atoms with E-state index in [0.29, 0.717) is 11.8 Å². The maximum Gasteiger partial charge on any atom is 0.266 e. The molecule has 3 saturated carbocycles. The molecule has 4 fully saturated rings. The highest BCUT2D eigenvalue weighted by atomic mass is 19.3. The molecule has 0 radical (unpaired) electrons. The van der Waals surface area contributed by atoms with Crippen molar-refractivity contribution in [3.63, 3.8) is 0 Å². The van der Waals surface area contributed by atoms with E-state index in [1.54, 1.807) is 0 Å². The van der Waals surface area contributed by atoms with Crippen LogP contribution < -0.4 is 0 Å². The van der Waals surface area contributed by atoms with Crippen LogP contribution in [0.15, 0.2) is 24.3 Å². The lowest BCUT2D eigenvalue weighted by Gasteiger charge is -2.42. The third-order valence-corrected chi connectivity index (χ3v) is 8.94. The molecule has 0 bridgehead atoms. The van der Waals surface area contributed by atoms with E-state index in [-0.39, 0.29) is 12.2 Å². The highest BCUT2D eigenvalue weighted by Crippen LogP contribution is 2.46. The highest BCUT2D eigenvalue weighted by Gasteiger charge is 2.37. The minimum atomic E-state index is -1.49. The van der Waals surface area contributed by atoms with E-state index < -0.39 is 6.08 Å². The summed E-state index contributed by atoms with van der Waals surface area (Å²) in [5.74, 6) is 4.56. The Morgan fingerprint density at radius 2 is 1.03 bits per heavy atom. The van der Waals surface area contributed by atoms with Gasteiger partial charge < -0.3 is 9.47 Å². The zero-order valence-electron chi connectivity index (χ0n) is 19.3. The number of ether oxygens (including phenoxy) is 2. The molecule has 2 nitrogen and oxygen atoms in total. The van der Waals surface area contributed by atoms with Gasteiger partial charge in [-0.3, -0.25) is 0 Å². The van der Waals surface area contributed by atoms with Crippen molar-refractivity contribution in [3.8, 4) is 0 Å². The lowest BCUT2D eigenvalue weighted by atomic mass is 9.65. The smallest absolute Gasteiger partial charge is 0.266 e. The van der Waals surface area contributed by atoms with Crippen LogP contribution in [0.1, 0.15) is 84.0 Å². The maximum absolute atomic E-state index is 12.5. The molecular weight excluding hydrogens is 394 g/mol. The molecule has 0 unspecified atom stereocenters. The average Bonchev–Trinajstić information content (AvgIpc) is 2.80. The second-order valence-corrected chi connectivity index (χ2v) is 10.8. The monoisotopic (exact) mass is 436 g/mol. The average molecular weight is 437 g/mol. The summed E-state index contributed by atoms with van der Waals surface area (Å²) in [6, 6.07) is 0. The highest BCUT2D eigenvalue weighted by molar-refractivity contribution is 4.93. The fourth-order valence-electron chi connectivity index (χ4n) is 7.13. The molecule has 1 saturated heterocycles. The fourth-order valence-corrected chi connectivity index (χ4v) is 7.13. The van der Waals surface area contributed by atoms with Gasteiger partial charge in [-0.05, 0) is 120 Å². The van der Waals surface area contributed by atoms with Gasteiger partial charge in [0.15, 0.2) is 6.29 Å². The predicted molar refractivity (Wildman–Crippen MR) is 121 cm³/mol. The van der Waals surface area contributed by atoms with Crippen LogP contribution in [-0.2, 0) is 9.47 Å². The number of hydrogen-bond acceptors (Lipinski definition) is 2. The van der Waals surface area contributed by atoms with Crippen molar-refractivity contribution < 1.29 is 18.3 Å². The number of allylic oxidation sites excluding steroid dienone is 2. The van der Waals surface area contributed by atoms with Gasteiger partial charge in [-0.15, -0.1) is 0 Å². The standard InChI is InChI=1S/C27H42F2O2/c1-2-3-20-17-30-27(31-18-20)25-14-12-24(13-15-25)23-10-8-22(9-11-23)21-6-4-19(5-7-21)16-26(28)29/h2-3,16,19-25,27H,4-15,17-18H2,1H3. The van der Waals surface area contributed by atoms with Gasteiger partial charge in [0.1, 0.15) is 0 Å². The Hall–Kier alpha value is -0.740. The molecule has 0 N–H and O–H groups in total. The Morgan fingerprint density at radius 1 is 0.613 bits per heavy atom. The van der Waals surface area contributed by atoms with Crippen LogP contribution in [0.25, 0.3) is 0 Å². The van der Waals surface area contributed by atoms with Crippen LogP contribution >= 0.6 is 0 Å². The molecule has 0 aromatic rings. The van der Waals surface area contributed by atoms with Crippen LogP contribution in [-0.4, -0.2) is 19.5 Å². The molecule has 176 valence electrons. The van der Waals surface area contributed by atoms with Gasteiger partial charge in [0, 0.05) is 11.8 Å². The van der Waals surface area contributed by atoms with Crippen molar-refractivity contribution >= 4 is 0 Å². The summed E-state index contributed by atoms with van der Waals surface area (Å²) in [7, 11) is 0. The maximum atomic E-state index is 12.5. The third-order valence-electron chi connectivity index (χ3n) is 8.94. The third kappa shape index (κ3) is 6.41. The zero-order chi connectivity index (χ0) is 21.6. The first kappa shape index (κ1) is 23.4. The first-order valence-electron chi connectivity index (χ1n) is 13.0. The van der Waals surface area contributed by atoms with Crippen molar-refractivity contribution in [2.45, 2.75) is 90.3 Å². The molecule has 0 aromatic heterocycles. The minimum Gasteiger partial charge on any atom is -0.352 e. The summed E-state index contributed by atoms with van der Waals surface area (Å²) in [5.41, 5.74) is 0. The van der Waals surface area contributed by atoms with Crippen LogP contribution in [0.3, 0.4) is 0 Å². The normalized spacial score (nSPS) is 42.4. The molecule has 0 spiro atoms. The lowest BCUT2D eigenvalue weighted by Crippen LogP contribution is -2.39. The number of hydrogen-bond donors (Lipinski definition) is 0. The van der Waals surface area contributed by atoms with E-state index in [1.165, 1.54) is 57.4 Å². The van der Waals surface area contributed by atoms with Gasteiger partial charge >= 0.3 is 0 Å². The minimum absolute atomic E-state index is 0.0223. The molecule has 3 aliphatic carbocycles. The van der Waals surface area contributed by atoms with Crippen molar-refractivity contribution in [1.29, 1.82) is 0 Å². The molecule has 4 rings (SSSR count). The van der Waals surface area contributed by atoms with E-state index in [9.17, 15) is 8.78 Å². The molecule has 0 atom stereocenters. The van der Waals surface area contributed by atoms with E-state index in [0.717, 1.165) is 62.6 Å². The summed E-state index contributed by atoms with van der Waals surface area (Å²) in [4.78, 5) is 0. The summed E-state index contributed by atoms with van der Waals surface area (Å²) in [6.07, 6.45) is 19.0. The second-order valence-electron chi connectivity index (χ2n) is 10.8. The number of halogens is 2. The SMILES string of the molecule is CC=CC1COC(C2CCC(C3CCC(C4CCC(C=C(F)F)CC4)CC3)CC2)OC1. The van der Waals surface area contributed by atoms with Crippen molar-refractivity contribution in [2.24, 2.45) is 41.4 Å². The number of rotatable bonds is 5. The van der Waals surface area contributed by atoms with Crippen LogP contribution in [0.2, 0.25) is 0 Å². The Kier molecular flexibility index (Phi) is 8.62. The lowest BCUT2D eigenvalue weighted by molar-refractivity contribution is -0.223. The Bertz CT molecular complexity index is 582. The zero-order valence-corrected chi connectivity index (χ0v) is 19.3. The molecule has 31 heavy (non-hydrogen) atoms. The Balaban J connectivity index is 1.15. The summed E-state index contributed by atoms with van der Waals surface area (Å²) >= 11 is 0. The van der Waals surface area contributed by atoms with Gasteiger partial charge in [0.05, 0.1) is 13.2 Å². The first-order chi connectivity index (χ1) is 15.1. The largest absolute Gasteiger partial charge is 0.352 e. The molecule has 4 aliphatic rings. The van der Waals surface area contributed by atoms with Gasteiger partial charge in [-0.2, -0.15) is 8.78 Å². The van der Waals surface area contributed by atoms with Gasteiger partial charge in [0.2, 0.25) is 0 Å². The summed E-state index contributed by atoms with van der Waals surface area (Å²) < 4.78 is 37.1. The Labute approximate surface area is 187 Å². The van der Waals surface area contributed by atoms with E-state index in [4.69, 9.17) is 9.47 Å². The first-order valence-corrected chi connectivity index (χ1v) is 13.0. The Morgan fingerprint density at radius 3 is 1.45 bits per heavy atom. The van der Waals surface area contributed by atoms with Crippen molar-refractivity contribution in [3.05, 3.63) is 24.3 Å². The quantitative estimate of drug-likeness (QED) is 0.410. The molecule has 4 heteroatoms. The fraction of sp³-hybridized carbons (Fsp3) is 0.852. The molecule has 1 aliphatic heterocycles. The second kappa shape index (κ2) is 11.4. The van der Waals surface area contributed by atoms with Gasteiger partial charge in [-0.1, -0.05) is 12.2 Å². The van der Waals surface area contributed by atoms with E-state index >= 15 is 0 Å². The predicted octanol–water partition coefficient (Wildman–Crippen LogP) is 7.75. The van der Waals surface area contributed by atoms with Gasteiger partial charge in [0.25, 0.3) is 6.08 Å². The molecular formula is C27H42F2O2. The van der Waals surface area contributed by atoms with Crippen molar-refractivity contribution in [1.82, 2.24) is 0 Å². The van der Waals surface area contributed by atoms with Crippen LogP contribution in [0.5, 0.6) is 0 Å². The van der Waals surface area contributed by atoms with E-state index in [2.05, 4.69) is 19.1 Å². The van der Waals surface area contributed by atoms with Crippen LogP contribution in [0, 0.1) is 41.4 Å².